The van der Waals surface area contributed by atoms with Crippen LogP contribution in [0.25, 0.3) is 5.52 Å². The minimum Gasteiger partial charge on any atom is -0.454 e. The van der Waals surface area contributed by atoms with Gasteiger partial charge in [0.05, 0.1) is 29.0 Å². The summed E-state index contributed by atoms with van der Waals surface area (Å²) >= 11 is 1.24. The number of Topliss-reactive ketones (excluding diaryl/α,β-unsaturated/α-hetero) is 1. The molecular formula is C16H16N4O5S2. The number of ketones is 1. The van der Waals surface area contributed by atoms with E-state index in [1.807, 2.05) is 0 Å². The maximum atomic E-state index is 12.2. The number of carbonyl (C=O) groups excluding carboxylic acids is 2. The van der Waals surface area contributed by atoms with Crippen molar-refractivity contribution in [1.82, 2.24) is 19.3 Å². The SMILES string of the molecule is CS(=O)(=O)NCCc1ccc(C(=O)COC(=O)c2cnn3ccncc23)s1. The van der Waals surface area contributed by atoms with Gasteiger partial charge in [0.1, 0.15) is 5.56 Å². The number of thiophene rings is 1. The van der Waals surface area contributed by atoms with Crippen LogP contribution in [0.5, 0.6) is 0 Å². The van der Waals surface area contributed by atoms with Gasteiger partial charge in [-0.25, -0.2) is 22.4 Å². The summed E-state index contributed by atoms with van der Waals surface area (Å²) < 4.78 is 31.1. The number of rotatable bonds is 8. The number of carbonyl (C=O) groups is 2. The van der Waals surface area contributed by atoms with Crippen molar-refractivity contribution in [3.8, 4) is 0 Å². The van der Waals surface area contributed by atoms with Crippen molar-refractivity contribution in [2.24, 2.45) is 0 Å². The first-order valence-corrected chi connectivity index (χ1v) is 10.6. The summed E-state index contributed by atoms with van der Waals surface area (Å²) in [5.41, 5.74) is 0.723. The molecule has 3 heterocycles. The minimum atomic E-state index is -3.24. The number of ether oxygens (including phenoxy) is 1. The van der Waals surface area contributed by atoms with Crippen LogP contribution in [0.2, 0.25) is 0 Å². The molecule has 0 spiro atoms. The Labute approximate surface area is 159 Å². The standard InChI is InChI=1S/C16H16N4O5S2/c1-27(23,24)19-5-4-11-2-3-15(26-11)14(21)10-25-16(22)12-8-18-20-7-6-17-9-13(12)20/h2-3,6-9,19H,4-5,10H2,1H3. The highest BCUT2D eigenvalue weighted by Gasteiger charge is 2.17. The monoisotopic (exact) mass is 408 g/mol. The van der Waals surface area contributed by atoms with Crippen molar-refractivity contribution in [3.05, 3.63) is 52.2 Å². The second kappa shape index (κ2) is 7.94. The molecule has 0 unspecified atom stereocenters. The normalized spacial score (nSPS) is 11.6. The van der Waals surface area contributed by atoms with Gasteiger partial charge in [-0.1, -0.05) is 0 Å². The molecule has 0 radical (unpaired) electrons. The average molecular weight is 408 g/mol. The van der Waals surface area contributed by atoms with Gasteiger partial charge in [-0.3, -0.25) is 9.78 Å². The number of sulfonamides is 1. The zero-order valence-corrected chi connectivity index (χ0v) is 15.9. The molecule has 3 aromatic heterocycles. The number of hydrogen-bond acceptors (Lipinski definition) is 8. The van der Waals surface area contributed by atoms with Gasteiger partial charge < -0.3 is 4.74 Å². The molecular weight excluding hydrogens is 392 g/mol. The lowest BCUT2D eigenvalue weighted by Gasteiger charge is -2.02. The molecule has 0 saturated carbocycles. The van der Waals surface area contributed by atoms with Crippen LogP contribution < -0.4 is 4.72 Å². The zero-order valence-electron chi connectivity index (χ0n) is 14.3. The molecule has 0 fully saturated rings. The topological polar surface area (TPSA) is 120 Å². The van der Waals surface area contributed by atoms with E-state index in [1.165, 1.54) is 28.2 Å². The van der Waals surface area contributed by atoms with Gasteiger partial charge in [0.15, 0.2) is 6.61 Å². The van der Waals surface area contributed by atoms with E-state index in [0.717, 1.165) is 11.1 Å². The van der Waals surface area contributed by atoms with Gasteiger partial charge >= 0.3 is 5.97 Å². The molecule has 3 rings (SSSR count). The number of nitrogens with one attached hydrogen (secondary N) is 1. The van der Waals surface area contributed by atoms with Crippen molar-refractivity contribution >= 4 is 38.6 Å². The second-order valence-electron chi connectivity index (χ2n) is 5.65. The Morgan fingerprint density at radius 2 is 2.11 bits per heavy atom. The molecule has 9 nitrogen and oxygen atoms in total. The largest absolute Gasteiger partial charge is 0.454 e. The third kappa shape index (κ3) is 4.96. The van der Waals surface area contributed by atoms with Crippen LogP contribution in [0.1, 0.15) is 24.9 Å². The first-order valence-electron chi connectivity index (χ1n) is 7.84. The van der Waals surface area contributed by atoms with Crippen LogP contribution >= 0.6 is 11.3 Å². The van der Waals surface area contributed by atoms with Crippen LogP contribution in [0.3, 0.4) is 0 Å². The predicted octanol–water partition coefficient (Wildman–Crippen LogP) is 0.922. The van der Waals surface area contributed by atoms with Crippen molar-refractivity contribution in [2.45, 2.75) is 6.42 Å². The maximum absolute atomic E-state index is 12.2. The van der Waals surface area contributed by atoms with E-state index in [9.17, 15) is 18.0 Å². The molecule has 3 aromatic rings. The molecule has 0 aromatic carbocycles. The lowest BCUT2D eigenvalue weighted by molar-refractivity contribution is 0.0477. The van der Waals surface area contributed by atoms with Gasteiger partial charge in [-0.15, -0.1) is 11.3 Å². The Kier molecular flexibility index (Phi) is 5.63. The van der Waals surface area contributed by atoms with Crippen LogP contribution in [-0.4, -0.2) is 54.2 Å². The van der Waals surface area contributed by atoms with Crippen LogP contribution in [-0.2, 0) is 21.2 Å². The second-order valence-corrected chi connectivity index (χ2v) is 8.65. The molecule has 27 heavy (non-hydrogen) atoms. The fraction of sp³-hybridized carbons (Fsp3) is 0.250. The fourth-order valence-electron chi connectivity index (χ4n) is 2.29. The first kappa shape index (κ1) is 19.1. The summed E-state index contributed by atoms with van der Waals surface area (Å²) in [5.74, 6) is -0.981. The Hall–Kier alpha value is -2.63. The molecule has 0 atom stereocenters. The van der Waals surface area contributed by atoms with E-state index in [2.05, 4.69) is 14.8 Å². The third-order valence-electron chi connectivity index (χ3n) is 3.55. The summed E-state index contributed by atoms with van der Waals surface area (Å²) in [6, 6.07) is 3.39. The lowest BCUT2D eigenvalue weighted by atomic mass is 10.3. The van der Waals surface area contributed by atoms with Crippen molar-refractivity contribution in [2.75, 3.05) is 19.4 Å². The average Bonchev–Trinajstić information content (AvgIpc) is 3.25. The molecule has 1 N–H and O–H groups in total. The van der Waals surface area contributed by atoms with Crippen LogP contribution in [0.15, 0.2) is 36.9 Å². The van der Waals surface area contributed by atoms with E-state index < -0.39 is 22.6 Å². The molecule has 11 heteroatoms. The van der Waals surface area contributed by atoms with Gasteiger partial charge in [0, 0.05) is 23.8 Å². The summed E-state index contributed by atoms with van der Waals surface area (Å²) in [4.78, 5) is 29.6. The maximum Gasteiger partial charge on any atom is 0.342 e. The van der Waals surface area contributed by atoms with E-state index >= 15 is 0 Å². The van der Waals surface area contributed by atoms with Gasteiger partial charge in [-0.2, -0.15) is 5.10 Å². The summed E-state index contributed by atoms with van der Waals surface area (Å²) in [6.07, 6.45) is 7.55. The molecule has 0 aliphatic rings. The first-order chi connectivity index (χ1) is 12.8. The number of aromatic nitrogens is 3. The molecule has 0 amide bonds. The Morgan fingerprint density at radius 3 is 2.89 bits per heavy atom. The lowest BCUT2D eigenvalue weighted by Crippen LogP contribution is -2.24. The van der Waals surface area contributed by atoms with Gasteiger partial charge in [0.2, 0.25) is 15.8 Å². The van der Waals surface area contributed by atoms with E-state index in [4.69, 9.17) is 4.74 Å². The highest BCUT2D eigenvalue weighted by atomic mass is 32.2. The van der Waals surface area contributed by atoms with Crippen LogP contribution in [0.4, 0.5) is 0 Å². The Morgan fingerprint density at radius 1 is 1.30 bits per heavy atom. The molecule has 0 aliphatic carbocycles. The smallest absolute Gasteiger partial charge is 0.342 e. The van der Waals surface area contributed by atoms with Crippen molar-refractivity contribution in [1.29, 1.82) is 0 Å². The predicted molar refractivity (Wildman–Crippen MR) is 98.5 cm³/mol. The van der Waals surface area contributed by atoms with Gasteiger partial charge in [0.25, 0.3) is 0 Å². The quantitative estimate of drug-likeness (QED) is 0.435. The highest BCUT2D eigenvalue weighted by Crippen LogP contribution is 2.18. The zero-order chi connectivity index (χ0) is 19.4. The third-order valence-corrected chi connectivity index (χ3v) is 5.47. The highest BCUT2D eigenvalue weighted by molar-refractivity contribution is 7.88. The van der Waals surface area contributed by atoms with Crippen LogP contribution in [0, 0.1) is 0 Å². The van der Waals surface area contributed by atoms with Gasteiger partial charge in [-0.05, 0) is 18.6 Å². The summed E-state index contributed by atoms with van der Waals surface area (Å²) in [6.45, 7) is -0.136. The number of fused-ring (bicyclic) bond motifs is 1. The van der Waals surface area contributed by atoms with Crippen molar-refractivity contribution in [3.63, 3.8) is 0 Å². The molecule has 0 saturated heterocycles. The van der Waals surface area contributed by atoms with Crippen molar-refractivity contribution < 1.29 is 22.7 Å². The fourth-order valence-corrected chi connectivity index (χ4v) is 3.70. The molecule has 0 bridgehead atoms. The van der Waals surface area contributed by atoms with E-state index in [1.54, 1.807) is 24.5 Å². The Balaban J connectivity index is 1.55. The summed E-state index contributed by atoms with van der Waals surface area (Å²) in [7, 11) is -3.24. The number of hydrogen-bond donors (Lipinski definition) is 1. The summed E-state index contributed by atoms with van der Waals surface area (Å²) in [5, 5.41) is 4.02. The number of nitrogens with zero attached hydrogens (tertiary/aromatic N) is 3. The molecule has 142 valence electrons. The number of esters is 1. The minimum absolute atomic E-state index is 0.231. The Bertz CT molecular complexity index is 1090. The van der Waals surface area contributed by atoms with E-state index in [-0.39, 0.29) is 17.9 Å². The van der Waals surface area contributed by atoms with E-state index in [0.29, 0.717) is 16.8 Å². The molecule has 0 aliphatic heterocycles.